The van der Waals surface area contributed by atoms with E-state index in [1.54, 1.807) is 49.4 Å². The summed E-state index contributed by atoms with van der Waals surface area (Å²) in [7, 11) is 0. The van der Waals surface area contributed by atoms with Crippen molar-refractivity contribution in [1.29, 1.82) is 0 Å². The van der Waals surface area contributed by atoms with Gasteiger partial charge in [0.2, 0.25) is 5.91 Å². The van der Waals surface area contributed by atoms with Gasteiger partial charge >= 0.3 is 0 Å². The van der Waals surface area contributed by atoms with E-state index in [2.05, 4.69) is 5.32 Å². The molecule has 5 nitrogen and oxygen atoms in total. The molecule has 1 aliphatic heterocycles. The molecule has 0 bridgehead atoms. The van der Waals surface area contributed by atoms with E-state index in [0.717, 1.165) is 0 Å². The summed E-state index contributed by atoms with van der Waals surface area (Å²) >= 11 is 5.83. The number of benzene rings is 2. The van der Waals surface area contributed by atoms with Crippen LogP contribution in [0.3, 0.4) is 0 Å². The van der Waals surface area contributed by atoms with Gasteiger partial charge in [0.05, 0.1) is 5.69 Å². The molecule has 0 aliphatic carbocycles. The molecule has 6 heteroatoms. The number of nitrogens with zero attached hydrogens (tertiary/aromatic N) is 1. The summed E-state index contributed by atoms with van der Waals surface area (Å²) in [6, 6.07) is 13.3. The number of rotatable bonds is 3. The molecule has 1 unspecified atom stereocenters. The van der Waals surface area contributed by atoms with Crippen molar-refractivity contribution in [3.63, 3.8) is 0 Å². The summed E-state index contributed by atoms with van der Waals surface area (Å²) in [4.78, 5) is 26.1. The molecule has 1 atom stereocenters. The topological polar surface area (TPSA) is 58.6 Å². The molecule has 0 spiro atoms. The second-order valence-electron chi connectivity index (χ2n) is 5.19. The number of carbonyl (C=O) groups is 2. The van der Waals surface area contributed by atoms with Crippen molar-refractivity contribution in [3.05, 3.63) is 53.6 Å². The number of halogens is 1. The van der Waals surface area contributed by atoms with Crippen molar-refractivity contribution in [3.8, 4) is 5.75 Å². The predicted octanol–water partition coefficient (Wildman–Crippen LogP) is 3.09. The van der Waals surface area contributed by atoms with Crippen LogP contribution in [0.5, 0.6) is 5.75 Å². The second kappa shape index (κ2) is 6.30. The van der Waals surface area contributed by atoms with E-state index in [-0.39, 0.29) is 18.4 Å². The van der Waals surface area contributed by atoms with Crippen molar-refractivity contribution >= 4 is 34.8 Å². The van der Waals surface area contributed by atoms with Crippen molar-refractivity contribution in [2.45, 2.75) is 13.0 Å². The zero-order valence-electron chi connectivity index (χ0n) is 12.5. The normalized spacial score (nSPS) is 14.7. The van der Waals surface area contributed by atoms with Gasteiger partial charge in [-0.15, -0.1) is 0 Å². The molecule has 0 fully saturated rings. The lowest BCUT2D eigenvalue weighted by atomic mass is 10.1. The summed E-state index contributed by atoms with van der Waals surface area (Å²) in [6.07, 6.45) is 0. The molecule has 2 amide bonds. The van der Waals surface area contributed by atoms with Gasteiger partial charge < -0.3 is 10.1 Å². The van der Waals surface area contributed by atoms with Crippen LogP contribution in [0, 0.1) is 0 Å². The Kier molecular flexibility index (Phi) is 4.21. The molecule has 3 rings (SSSR count). The van der Waals surface area contributed by atoms with Crippen molar-refractivity contribution in [2.75, 3.05) is 16.8 Å². The monoisotopic (exact) mass is 330 g/mol. The molecule has 1 N–H and O–H groups in total. The highest BCUT2D eigenvalue weighted by Crippen LogP contribution is 2.33. The second-order valence-corrected chi connectivity index (χ2v) is 5.63. The van der Waals surface area contributed by atoms with Gasteiger partial charge in [0.1, 0.15) is 11.8 Å². The van der Waals surface area contributed by atoms with E-state index in [1.807, 2.05) is 6.07 Å². The molecule has 0 radical (unpaired) electrons. The predicted molar refractivity (Wildman–Crippen MR) is 89.0 cm³/mol. The van der Waals surface area contributed by atoms with E-state index in [9.17, 15) is 9.59 Å². The lowest BCUT2D eigenvalue weighted by Gasteiger charge is -2.33. The number of anilines is 2. The Morgan fingerprint density at radius 1 is 1.22 bits per heavy atom. The van der Waals surface area contributed by atoms with Gasteiger partial charge in [0, 0.05) is 10.7 Å². The van der Waals surface area contributed by atoms with Crippen LogP contribution >= 0.6 is 11.6 Å². The summed E-state index contributed by atoms with van der Waals surface area (Å²) in [5, 5.41) is 3.38. The van der Waals surface area contributed by atoms with Gasteiger partial charge in [0.15, 0.2) is 6.61 Å². The van der Waals surface area contributed by atoms with Gasteiger partial charge in [-0.05, 0) is 43.3 Å². The molecule has 0 saturated carbocycles. The number of amides is 2. The maximum Gasteiger partial charge on any atom is 0.265 e. The number of para-hydroxylation sites is 2. The fraction of sp³-hybridized carbons (Fsp3) is 0.176. The summed E-state index contributed by atoms with van der Waals surface area (Å²) in [5.41, 5.74) is 1.22. The lowest BCUT2D eigenvalue weighted by Crippen LogP contribution is -2.49. The van der Waals surface area contributed by atoms with E-state index in [4.69, 9.17) is 16.3 Å². The Labute approximate surface area is 138 Å². The molecule has 118 valence electrons. The highest BCUT2D eigenvalue weighted by molar-refractivity contribution is 6.30. The van der Waals surface area contributed by atoms with Gasteiger partial charge in [0.25, 0.3) is 5.91 Å². The van der Waals surface area contributed by atoms with Crippen LogP contribution < -0.4 is 15.0 Å². The van der Waals surface area contributed by atoms with Crippen LogP contribution in [-0.2, 0) is 9.59 Å². The first-order valence-electron chi connectivity index (χ1n) is 7.16. The third-order valence-electron chi connectivity index (χ3n) is 3.62. The average Bonchev–Trinajstić information content (AvgIpc) is 2.56. The Morgan fingerprint density at radius 3 is 2.65 bits per heavy atom. The molecule has 0 saturated heterocycles. The lowest BCUT2D eigenvalue weighted by molar-refractivity contribution is -0.125. The number of hydrogen-bond acceptors (Lipinski definition) is 3. The van der Waals surface area contributed by atoms with Crippen molar-refractivity contribution in [2.24, 2.45) is 0 Å². The van der Waals surface area contributed by atoms with E-state index < -0.39 is 6.04 Å². The first kappa shape index (κ1) is 15.4. The number of carbonyl (C=O) groups excluding carboxylic acids is 2. The summed E-state index contributed by atoms with van der Waals surface area (Å²) in [6.45, 7) is 1.61. The number of hydrogen-bond donors (Lipinski definition) is 1. The Morgan fingerprint density at radius 2 is 1.91 bits per heavy atom. The van der Waals surface area contributed by atoms with Crippen molar-refractivity contribution < 1.29 is 14.3 Å². The third-order valence-corrected chi connectivity index (χ3v) is 3.88. The van der Waals surface area contributed by atoms with Crippen molar-refractivity contribution in [1.82, 2.24) is 0 Å². The minimum atomic E-state index is -0.664. The van der Waals surface area contributed by atoms with E-state index >= 15 is 0 Å². The maximum absolute atomic E-state index is 12.5. The summed E-state index contributed by atoms with van der Waals surface area (Å²) < 4.78 is 5.39. The van der Waals surface area contributed by atoms with Crippen LogP contribution in [0.15, 0.2) is 48.5 Å². The van der Waals surface area contributed by atoms with Crippen LogP contribution in [0.25, 0.3) is 0 Å². The molecule has 0 aromatic heterocycles. The smallest absolute Gasteiger partial charge is 0.265 e. The standard InChI is InChI=1S/C17H15ClN2O3/c1-11(17(22)19-13-8-6-12(18)7-9-13)20-14-4-2-3-5-15(14)23-10-16(20)21/h2-9,11H,10H2,1H3,(H,19,22). The molecular weight excluding hydrogens is 316 g/mol. The quantitative estimate of drug-likeness (QED) is 0.940. The Balaban J connectivity index is 1.81. The molecule has 2 aromatic carbocycles. The largest absolute Gasteiger partial charge is 0.482 e. The van der Waals surface area contributed by atoms with Gasteiger partial charge in [-0.1, -0.05) is 23.7 Å². The zero-order chi connectivity index (χ0) is 16.4. The highest BCUT2D eigenvalue weighted by Gasteiger charge is 2.32. The fourth-order valence-electron chi connectivity index (χ4n) is 2.44. The number of fused-ring (bicyclic) bond motifs is 1. The average molecular weight is 331 g/mol. The van der Waals surface area contributed by atoms with Gasteiger partial charge in [-0.25, -0.2) is 0 Å². The first-order chi connectivity index (χ1) is 11.1. The van der Waals surface area contributed by atoms with E-state index in [0.29, 0.717) is 22.1 Å². The van der Waals surface area contributed by atoms with Crippen LogP contribution in [0.2, 0.25) is 5.02 Å². The van der Waals surface area contributed by atoms with Crippen LogP contribution in [0.1, 0.15) is 6.92 Å². The van der Waals surface area contributed by atoms with Gasteiger partial charge in [-0.3, -0.25) is 14.5 Å². The molecule has 23 heavy (non-hydrogen) atoms. The van der Waals surface area contributed by atoms with Crippen LogP contribution in [0.4, 0.5) is 11.4 Å². The SMILES string of the molecule is CC(C(=O)Nc1ccc(Cl)cc1)N1C(=O)COc2ccccc21. The molecule has 1 heterocycles. The molecule has 1 aliphatic rings. The van der Waals surface area contributed by atoms with Gasteiger partial charge in [-0.2, -0.15) is 0 Å². The first-order valence-corrected chi connectivity index (χ1v) is 7.54. The van der Waals surface area contributed by atoms with Crippen LogP contribution in [-0.4, -0.2) is 24.5 Å². The minimum absolute atomic E-state index is 0.0738. The minimum Gasteiger partial charge on any atom is -0.482 e. The molecule has 2 aromatic rings. The zero-order valence-corrected chi connectivity index (χ0v) is 13.2. The summed E-state index contributed by atoms with van der Waals surface area (Å²) in [5.74, 6) is 0.0677. The van der Waals surface area contributed by atoms with E-state index in [1.165, 1.54) is 4.90 Å². The number of ether oxygens (including phenoxy) is 1. The Bertz CT molecular complexity index is 746. The fourth-order valence-corrected chi connectivity index (χ4v) is 2.57. The maximum atomic E-state index is 12.5. The molecular formula is C17H15ClN2O3. The highest BCUT2D eigenvalue weighted by atomic mass is 35.5. The number of nitrogens with one attached hydrogen (secondary N) is 1. The Hall–Kier alpha value is -2.53. The third kappa shape index (κ3) is 3.14.